The Morgan fingerprint density at radius 3 is 2.75 bits per heavy atom. The topological polar surface area (TPSA) is 84.8 Å². The van der Waals surface area contributed by atoms with Crippen LogP contribution in [0.1, 0.15) is 0 Å². The van der Waals surface area contributed by atoms with Crippen molar-refractivity contribution in [2.24, 2.45) is 5.10 Å². The number of rotatable bonds is 1. The van der Waals surface area contributed by atoms with Crippen LogP contribution in [0, 0.1) is 0 Å². The minimum Gasteiger partial charge on any atom is -0.464 e. The molecular formula is C9H8N2O4S. The number of hydrogen-bond donors (Lipinski definition) is 1. The van der Waals surface area contributed by atoms with Gasteiger partial charge in [0, 0.05) is 0 Å². The van der Waals surface area contributed by atoms with Gasteiger partial charge in [0.15, 0.2) is 0 Å². The second-order valence-corrected chi connectivity index (χ2v) is 4.85. The van der Waals surface area contributed by atoms with Crippen molar-refractivity contribution < 1.29 is 17.9 Å². The first-order valence-corrected chi connectivity index (χ1v) is 5.82. The third-order valence-electron chi connectivity index (χ3n) is 2.07. The molecule has 0 saturated heterocycles. The number of sulfone groups is 1. The predicted octanol–water partition coefficient (Wildman–Crippen LogP) is 0.372. The van der Waals surface area contributed by atoms with E-state index < -0.39 is 20.9 Å². The number of nitrogens with zero attached hydrogens (tertiary/aromatic N) is 1. The second-order valence-electron chi connectivity index (χ2n) is 3.02. The summed E-state index contributed by atoms with van der Waals surface area (Å²) in [4.78, 5) is 11.2. The summed E-state index contributed by atoms with van der Waals surface area (Å²) in [6, 6.07) is 6.19. The summed E-state index contributed by atoms with van der Waals surface area (Å²) in [6.07, 6.45) is 0. The van der Waals surface area contributed by atoms with Crippen LogP contribution in [-0.2, 0) is 19.4 Å². The van der Waals surface area contributed by atoms with Crippen molar-refractivity contribution in [3.05, 3.63) is 24.3 Å². The van der Waals surface area contributed by atoms with Crippen LogP contribution in [0.15, 0.2) is 34.3 Å². The molecule has 7 heteroatoms. The number of hydrazone groups is 1. The Morgan fingerprint density at radius 1 is 1.38 bits per heavy atom. The Kier molecular flexibility index (Phi) is 2.39. The van der Waals surface area contributed by atoms with Crippen LogP contribution in [0.2, 0.25) is 0 Å². The fourth-order valence-electron chi connectivity index (χ4n) is 1.31. The van der Waals surface area contributed by atoms with Gasteiger partial charge in [-0.2, -0.15) is 5.10 Å². The van der Waals surface area contributed by atoms with Gasteiger partial charge in [0.2, 0.25) is 9.84 Å². The molecule has 1 aromatic carbocycles. The highest BCUT2D eigenvalue weighted by Crippen LogP contribution is 2.26. The van der Waals surface area contributed by atoms with Crippen LogP contribution < -0.4 is 5.43 Å². The van der Waals surface area contributed by atoms with Crippen molar-refractivity contribution in [1.29, 1.82) is 0 Å². The van der Waals surface area contributed by atoms with Gasteiger partial charge >= 0.3 is 5.97 Å². The lowest BCUT2D eigenvalue weighted by Crippen LogP contribution is -2.30. The Hall–Kier alpha value is -1.89. The molecule has 16 heavy (non-hydrogen) atoms. The fraction of sp³-hybridized carbons (Fsp3) is 0.111. The van der Waals surface area contributed by atoms with Crippen molar-refractivity contribution in [3.8, 4) is 0 Å². The minimum atomic E-state index is -3.88. The standard InChI is InChI=1S/C9H8N2O4S/c1-15-9(12)8-11-10-6-4-2-3-5-7(6)16(8,13)14/h2-5,10H,1H3. The Bertz CT molecular complexity index is 577. The van der Waals surface area contributed by atoms with E-state index in [1.807, 2.05) is 0 Å². The van der Waals surface area contributed by atoms with Gasteiger partial charge in [-0.05, 0) is 12.1 Å². The highest BCUT2D eigenvalue weighted by molar-refractivity contribution is 8.08. The molecule has 0 fully saturated rings. The number of carbonyl (C=O) groups excluding carboxylic acids is 1. The lowest BCUT2D eigenvalue weighted by atomic mass is 10.3. The molecule has 1 aliphatic rings. The first kappa shape index (κ1) is 10.6. The molecule has 1 aliphatic heterocycles. The highest BCUT2D eigenvalue weighted by Gasteiger charge is 2.34. The van der Waals surface area contributed by atoms with Crippen molar-refractivity contribution in [2.45, 2.75) is 4.90 Å². The van der Waals surface area contributed by atoms with Gasteiger partial charge in [0.25, 0.3) is 5.04 Å². The zero-order valence-corrected chi connectivity index (χ0v) is 9.11. The molecule has 0 amide bonds. The van der Waals surface area contributed by atoms with Gasteiger partial charge in [-0.15, -0.1) is 0 Å². The number of hydrogen-bond acceptors (Lipinski definition) is 6. The Balaban J connectivity index is 2.60. The van der Waals surface area contributed by atoms with Crippen molar-refractivity contribution in [1.82, 2.24) is 0 Å². The summed E-state index contributed by atoms with van der Waals surface area (Å²) in [6.45, 7) is 0. The molecule has 0 unspecified atom stereocenters. The Labute approximate surface area is 91.8 Å². The third kappa shape index (κ3) is 1.45. The van der Waals surface area contributed by atoms with E-state index in [1.54, 1.807) is 18.2 Å². The first-order valence-electron chi connectivity index (χ1n) is 4.33. The number of para-hydroxylation sites is 1. The van der Waals surface area contributed by atoms with E-state index >= 15 is 0 Å². The van der Waals surface area contributed by atoms with Gasteiger partial charge in [-0.3, -0.25) is 5.43 Å². The lowest BCUT2D eigenvalue weighted by molar-refractivity contribution is -0.132. The maximum atomic E-state index is 11.9. The van der Waals surface area contributed by atoms with Crippen LogP contribution in [-0.4, -0.2) is 26.5 Å². The van der Waals surface area contributed by atoms with Crippen molar-refractivity contribution in [2.75, 3.05) is 12.5 Å². The number of ether oxygens (including phenoxy) is 1. The van der Waals surface area contributed by atoms with Gasteiger partial charge < -0.3 is 4.74 Å². The molecule has 2 rings (SSSR count). The number of benzene rings is 1. The van der Waals surface area contributed by atoms with Crippen molar-refractivity contribution >= 4 is 26.5 Å². The zero-order chi connectivity index (χ0) is 11.8. The first-order chi connectivity index (χ1) is 7.57. The molecule has 1 N–H and O–H groups in total. The third-order valence-corrected chi connectivity index (χ3v) is 3.77. The van der Waals surface area contributed by atoms with Gasteiger partial charge in [-0.25, -0.2) is 13.2 Å². The molecule has 0 atom stereocenters. The molecule has 1 heterocycles. The number of fused-ring (bicyclic) bond motifs is 1. The zero-order valence-electron chi connectivity index (χ0n) is 8.30. The predicted molar refractivity (Wildman–Crippen MR) is 56.7 cm³/mol. The molecule has 0 aliphatic carbocycles. The lowest BCUT2D eigenvalue weighted by Gasteiger charge is -2.15. The van der Waals surface area contributed by atoms with E-state index in [2.05, 4.69) is 15.3 Å². The van der Waals surface area contributed by atoms with Gasteiger partial charge in [0.1, 0.15) is 0 Å². The van der Waals surface area contributed by atoms with Crippen LogP contribution in [0.25, 0.3) is 0 Å². The molecule has 0 bridgehead atoms. The molecule has 0 radical (unpaired) electrons. The number of methoxy groups -OCH3 is 1. The van der Waals surface area contributed by atoms with Gasteiger partial charge in [0.05, 0.1) is 17.7 Å². The summed E-state index contributed by atoms with van der Waals surface area (Å²) >= 11 is 0. The SMILES string of the molecule is COC(=O)C1=NNc2ccccc2S1(=O)=O. The van der Waals surface area contributed by atoms with E-state index in [0.717, 1.165) is 7.11 Å². The number of nitrogens with one attached hydrogen (secondary N) is 1. The van der Waals surface area contributed by atoms with E-state index in [0.29, 0.717) is 5.69 Å². The number of anilines is 1. The number of carbonyl (C=O) groups is 1. The fourth-order valence-corrected chi connectivity index (χ4v) is 2.65. The second kappa shape index (κ2) is 3.60. The summed E-state index contributed by atoms with van der Waals surface area (Å²) in [5, 5.41) is 2.87. The van der Waals surface area contributed by atoms with Crippen LogP contribution in [0.4, 0.5) is 5.69 Å². The van der Waals surface area contributed by atoms with Gasteiger partial charge in [-0.1, -0.05) is 12.1 Å². The van der Waals surface area contributed by atoms with E-state index in [9.17, 15) is 13.2 Å². The summed E-state index contributed by atoms with van der Waals surface area (Å²) in [7, 11) is -2.78. The Morgan fingerprint density at radius 2 is 2.06 bits per heavy atom. The summed E-state index contributed by atoms with van der Waals surface area (Å²) in [5.41, 5.74) is 2.83. The molecule has 84 valence electrons. The summed E-state index contributed by atoms with van der Waals surface area (Å²) < 4.78 is 28.2. The van der Waals surface area contributed by atoms with E-state index in [4.69, 9.17) is 0 Å². The van der Waals surface area contributed by atoms with E-state index in [1.165, 1.54) is 6.07 Å². The highest BCUT2D eigenvalue weighted by atomic mass is 32.2. The van der Waals surface area contributed by atoms with E-state index in [-0.39, 0.29) is 4.90 Å². The van der Waals surface area contributed by atoms with Crippen LogP contribution in [0.5, 0.6) is 0 Å². The molecule has 1 aromatic rings. The average molecular weight is 240 g/mol. The van der Waals surface area contributed by atoms with Crippen LogP contribution in [0.3, 0.4) is 0 Å². The van der Waals surface area contributed by atoms with Crippen LogP contribution >= 0.6 is 0 Å². The number of esters is 1. The maximum absolute atomic E-state index is 11.9. The molecule has 6 nitrogen and oxygen atoms in total. The largest absolute Gasteiger partial charge is 0.464 e. The molecular weight excluding hydrogens is 232 g/mol. The quantitative estimate of drug-likeness (QED) is 0.717. The van der Waals surface area contributed by atoms with Crippen molar-refractivity contribution in [3.63, 3.8) is 0 Å². The molecule has 0 aromatic heterocycles. The monoisotopic (exact) mass is 240 g/mol. The maximum Gasteiger partial charge on any atom is 0.370 e. The smallest absolute Gasteiger partial charge is 0.370 e. The molecule has 0 spiro atoms. The molecule has 0 saturated carbocycles. The minimum absolute atomic E-state index is 0.0189. The normalized spacial score (nSPS) is 16.7. The summed E-state index contributed by atoms with van der Waals surface area (Å²) in [5.74, 6) is -0.984. The average Bonchev–Trinajstić information content (AvgIpc) is 2.28.